The third-order valence-corrected chi connectivity index (χ3v) is 2.62. The fourth-order valence-electron chi connectivity index (χ4n) is 1.97. The van der Waals surface area contributed by atoms with E-state index in [0.29, 0.717) is 0 Å². The van der Waals surface area contributed by atoms with Gasteiger partial charge in [0.25, 0.3) is 0 Å². The highest BCUT2D eigenvalue weighted by molar-refractivity contribution is 5.88. The van der Waals surface area contributed by atoms with Gasteiger partial charge in [-0.3, -0.25) is 10.1 Å². The topological polar surface area (TPSA) is 41.1 Å². The monoisotopic (exact) mass is 192 g/mol. The fourth-order valence-corrected chi connectivity index (χ4v) is 1.97. The molecule has 1 unspecified atom stereocenters. The lowest BCUT2D eigenvalue weighted by molar-refractivity contribution is -0.120. The second-order valence-electron chi connectivity index (χ2n) is 4.40. The summed E-state index contributed by atoms with van der Waals surface area (Å²) in [7, 11) is 0. The molecule has 0 aromatic carbocycles. The summed E-state index contributed by atoms with van der Waals surface area (Å²) >= 11 is 0. The summed E-state index contributed by atoms with van der Waals surface area (Å²) in [6.07, 6.45) is 8.22. The molecular weight excluding hydrogens is 176 g/mol. The van der Waals surface area contributed by atoms with E-state index in [1.54, 1.807) is 0 Å². The summed E-state index contributed by atoms with van der Waals surface area (Å²) in [5, 5.41) is 6.21. The summed E-state index contributed by atoms with van der Waals surface area (Å²) in [6.45, 7) is 3.95. The van der Waals surface area contributed by atoms with E-state index in [-0.39, 0.29) is 17.6 Å². The van der Waals surface area contributed by atoms with E-state index in [4.69, 9.17) is 0 Å². The molecule has 1 saturated heterocycles. The van der Waals surface area contributed by atoms with Crippen LogP contribution in [0.25, 0.3) is 0 Å². The maximum atomic E-state index is 11.7. The summed E-state index contributed by atoms with van der Waals surface area (Å²) in [5.74, 6) is 0.0940. The maximum absolute atomic E-state index is 11.7. The van der Waals surface area contributed by atoms with E-state index < -0.39 is 0 Å². The van der Waals surface area contributed by atoms with Gasteiger partial charge in [-0.2, -0.15) is 0 Å². The van der Waals surface area contributed by atoms with Gasteiger partial charge in [-0.05, 0) is 32.3 Å². The van der Waals surface area contributed by atoms with E-state index in [0.717, 1.165) is 12.8 Å². The van der Waals surface area contributed by atoms with Gasteiger partial charge in [0.1, 0.15) is 6.04 Å². The highest BCUT2D eigenvalue weighted by Gasteiger charge is 2.37. The van der Waals surface area contributed by atoms with Gasteiger partial charge in [-0.25, -0.2) is 0 Å². The molecule has 0 spiro atoms. The Labute approximate surface area is 84.3 Å². The number of rotatable bonds is 1. The minimum atomic E-state index is -0.274. The largest absolute Gasteiger partial charge is 0.337 e. The van der Waals surface area contributed by atoms with Crippen LogP contribution in [-0.4, -0.2) is 17.6 Å². The Kier molecular flexibility index (Phi) is 2.19. The van der Waals surface area contributed by atoms with Crippen LogP contribution in [0.2, 0.25) is 0 Å². The number of nitrogens with one attached hydrogen (secondary N) is 2. The number of allylic oxidation sites excluding steroid dienone is 3. The van der Waals surface area contributed by atoms with Crippen LogP contribution in [0.5, 0.6) is 0 Å². The van der Waals surface area contributed by atoms with Gasteiger partial charge in [-0.1, -0.05) is 18.2 Å². The molecule has 3 nitrogen and oxygen atoms in total. The van der Waals surface area contributed by atoms with Gasteiger partial charge < -0.3 is 5.32 Å². The van der Waals surface area contributed by atoms with Gasteiger partial charge in [0.15, 0.2) is 0 Å². The molecule has 0 saturated carbocycles. The van der Waals surface area contributed by atoms with Crippen LogP contribution in [0.3, 0.4) is 0 Å². The second kappa shape index (κ2) is 3.24. The van der Waals surface area contributed by atoms with Crippen molar-refractivity contribution in [2.45, 2.75) is 38.4 Å². The van der Waals surface area contributed by atoms with Gasteiger partial charge in [0, 0.05) is 0 Å². The molecule has 76 valence electrons. The average molecular weight is 192 g/mol. The molecule has 1 atom stereocenters. The Hall–Kier alpha value is -1.09. The van der Waals surface area contributed by atoms with E-state index in [1.807, 2.05) is 26.0 Å². The summed E-state index contributed by atoms with van der Waals surface area (Å²) in [6, 6.07) is -0.130. The van der Waals surface area contributed by atoms with Crippen molar-refractivity contribution in [3.05, 3.63) is 23.8 Å². The van der Waals surface area contributed by atoms with Crippen molar-refractivity contribution >= 4 is 5.91 Å². The first-order chi connectivity index (χ1) is 6.58. The first-order valence-electron chi connectivity index (χ1n) is 5.04. The van der Waals surface area contributed by atoms with E-state index in [1.165, 1.54) is 5.57 Å². The molecule has 0 radical (unpaired) electrons. The predicted molar refractivity (Wildman–Crippen MR) is 55.6 cm³/mol. The van der Waals surface area contributed by atoms with Crippen LogP contribution in [-0.2, 0) is 4.79 Å². The van der Waals surface area contributed by atoms with Gasteiger partial charge in [-0.15, -0.1) is 0 Å². The van der Waals surface area contributed by atoms with Crippen molar-refractivity contribution in [2.24, 2.45) is 0 Å². The lowest BCUT2D eigenvalue weighted by atomic mass is 9.98. The first-order valence-corrected chi connectivity index (χ1v) is 5.04. The van der Waals surface area contributed by atoms with Crippen molar-refractivity contribution in [2.75, 3.05) is 0 Å². The lowest BCUT2D eigenvalue weighted by Gasteiger charge is -2.20. The highest BCUT2D eigenvalue weighted by atomic mass is 16.2. The number of amides is 1. The Morgan fingerprint density at radius 3 is 2.79 bits per heavy atom. The molecule has 1 amide bonds. The fraction of sp³-hybridized carbons (Fsp3) is 0.545. The molecule has 0 aromatic rings. The van der Waals surface area contributed by atoms with Crippen LogP contribution in [0.1, 0.15) is 26.7 Å². The van der Waals surface area contributed by atoms with Crippen molar-refractivity contribution in [1.29, 1.82) is 0 Å². The smallest absolute Gasteiger partial charge is 0.242 e. The van der Waals surface area contributed by atoms with E-state index in [2.05, 4.69) is 16.7 Å². The lowest BCUT2D eigenvalue weighted by Crippen LogP contribution is -2.44. The maximum Gasteiger partial charge on any atom is 0.242 e. The molecule has 2 N–H and O–H groups in total. The Morgan fingerprint density at radius 2 is 2.29 bits per heavy atom. The Bertz CT molecular complexity index is 315. The average Bonchev–Trinajstić information content (AvgIpc) is 2.41. The van der Waals surface area contributed by atoms with E-state index >= 15 is 0 Å². The van der Waals surface area contributed by atoms with Crippen LogP contribution in [0.4, 0.5) is 0 Å². The molecule has 1 aliphatic carbocycles. The number of hydrogen-bond acceptors (Lipinski definition) is 2. The van der Waals surface area contributed by atoms with Crippen molar-refractivity contribution in [3.63, 3.8) is 0 Å². The quantitative estimate of drug-likeness (QED) is 0.653. The molecule has 1 heterocycles. The molecule has 1 fully saturated rings. The zero-order chi connectivity index (χ0) is 10.2. The van der Waals surface area contributed by atoms with Gasteiger partial charge >= 0.3 is 0 Å². The molecule has 1 aliphatic heterocycles. The normalized spacial score (nSPS) is 30.0. The standard InChI is InChI=1S/C11H16N2O/c1-11(2)12-9(10(14)13-11)8-6-4-3-5-7-8/h3-4,6,9,12H,5,7H2,1-2H3,(H,13,14). The minimum absolute atomic E-state index is 0.0940. The zero-order valence-electron chi connectivity index (χ0n) is 8.63. The SMILES string of the molecule is CC1(C)NC(=O)C(C2=CC=CCC2)N1. The van der Waals surface area contributed by atoms with Crippen LogP contribution in [0, 0.1) is 0 Å². The number of hydrogen-bond donors (Lipinski definition) is 2. The third kappa shape index (κ3) is 1.73. The van der Waals surface area contributed by atoms with E-state index in [9.17, 15) is 4.79 Å². The summed E-state index contributed by atoms with van der Waals surface area (Å²) in [5.41, 5.74) is 0.916. The van der Waals surface area contributed by atoms with Gasteiger partial charge in [0.2, 0.25) is 5.91 Å². The number of carbonyl (C=O) groups is 1. The van der Waals surface area contributed by atoms with Crippen molar-refractivity contribution < 1.29 is 4.79 Å². The Balaban J connectivity index is 2.16. The molecule has 14 heavy (non-hydrogen) atoms. The van der Waals surface area contributed by atoms with Crippen molar-refractivity contribution in [1.82, 2.24) is 10.6 Å². The van der Waals surface area contributed by atoms with Gasteiger partial charge in [0.05, 0.1) is 5.66 Å². The number of carbonyl (C=O) groups excluding carboxylic acids is 1. The second-order valence-corrected chi connectivity index (χ2v) is 4.40. The van der Waals surface area contributed by atoms with Crippen molar-refractivity contribution in [3.8, 4) is 0 Å². The Morgan fingerprint density at radius 1 is 1.50 bits per heavy atom. The molecule has 3 heteroatoms. The van der Waals surface area contributed by atoms with Crippen LogP contribution >= 0.6 is 0 Å². The zero-order valence-corrected chi connectivity index (χ0v) is 8.63. The predicted octanol–water partition coefficient (Wildman–Crippen LogP) is 1.09. The van der Waals surface area contributed by atoms with Crippen LogP contribution < -0.4 is 10.6 Å². The minimum Gasteiger partial charge on any atom is -0.337 e. The molecule has 0 bridgehead atoms. The summed E-state index contributed by atoms with van der Waals surface area (Å²) < 4.78 is 0. The first kappa shape index (κ1) is 9.46. The molecule has 0 aromatic heterocycles. The molecular formula is C11H16N2O. The summed E-state index contributed by atoms with van der Waals surface area (Å²) in [4.78, 5) is 11.7. The third-order valence-electron chi connectivity index (χ3n) is 2.62. The molecule has 2 aliphatic rings. The highest BCUT2D eigenvalue weighted by Crippen LogP contribution is 2.21. The molecule has 2 rings (SSSR count). The van der Waals surface area contributed by atoms with Crippen LogP contribution in [0.15, 0.2) is 23.8 Å².